The first-order valence-electron chi connectivity index (χ1n) is 5.19. The highest BCUT2D eigenvalue weighted by molar-refractivity contribution is 9.11. The van der Waals surface area contributed by atoms with Crippen molar-refractivity contribution in [3.8, 4) is 0 Å². The molecule has 1 heterocycles. The molecule has 0 spiro atoms. The molecule has 1 atom stereocenters. The van der Waals surface area contributed by atoms with Gasteiger partial charge < -0.3 is 5.11 Å². The lowest BCUT2D eigenvalue weighted by Crippen LogP contribution is -2.02. The molecule has 0 radical (unpaired) electrons. The van der Waals surface area contributed by atoms with Crippen LogP contribution in [0.2, 0.25) is 0 Å². The second-order valence-corrected chi connectivity index (χ2v) is 6.60. The smallest absolute Gasteiger partial charge is 0.123 e. The zero-order valence-corrected chi connectivity index (χ0v) is 11.9. The summed E-state index contributed by atoms with van der Waals surface area (Å²) in [6, 6.07) is 6.37. The summed E-state index contributed by atoms with van der Waals surface area (Å²) in [4.78, 5) is 1.06. The Morgan fingerprint density at radius 3 is 2.47 bits per heavy atom. The molecule has 17 heavy (non-hydrogen) atoms. The molecule has 0 fully saturated rings. The van der Waals surface area contributed by atoms with Crippen LogP contribution in [0.5, 0.6) is 0 Å². The average molecular weight is 315 g/mol. The second kappa shape index (κ2) is 4.88. The summed E-state index contributed by atoms with van der Waals surface area (Å²) in [5.74, 6) is -0.276. The monoisotopic (exact) mass is 314 g/mol. The quantitative estimate of drug-likeness (QED) is 0.873. The Kier molecular flexibility index (Phi) is 3.66. The fraction of sp³-hybridized carbons (Fsp3) is 0.231. The summed E-state index contributed by atoms with van der Waals surface area (Å²) in [6.45, 7) is 3.77. The summed E-state index contributed by atoms with van der Waals surface area (Å²) in [7, 11) is 0. The van der Waals surface area contributed by atoms with Gasteiger partial charge >= 0.3 is 0 Å². The number of benzene rings is 1. The van der Waals surface area contributed by atoms with Crippen molar-refractivity contribution < 1.29 is 9.50 Å². The molecular weight excluding hydrogens is 303 g/mol. The fourth-order valence-electron chi connectivity index (χ4n) is 1.84. The van der Waals surface area contributed by atoms with Crippen LogP contribution in [0.25, 0.3) is 0 Å². The van der Waals surface area contributed by atoms with Crippen molar-refractivity contribution in [2.24, 2.45) is 0 Å². The summed E-state index contributed by atoms with van der Waals surface area (Å²) >= 11 is 4.99. The summed E-state index contributed by atoms with van der Waals surface area (Å²) < 4.78 is 14.0. The molecule has 2 rings (SSSR count). The first kappa shape index (κ1) is 12.7. The molecule has 0 amide bonds. The van der Waals surface area contributed by atoms with Gasteiger partial charge in [-0.3, -0.25) is 0 Å². The Balaban J connectivity index is 2.43. The molecule has 1 unspecified atom stereocenters. The van der Waals surface area contributed by atoms with E-state index in [2.05, 4.69) is 15.9 Å². The maximum absolute atomic E-state index is 13.0. The average Bonchev–Trinajstić information content (AvgIpc) is 2.57. The molecule has 4 heteroatoms. The lowest BCUT2D eigenvalue weighted by Gasteiger charge is -2.13. The van der Waals surface area contributed by atoms with E-state index in [4.69, 9.17) is 0 Å². The third-order valence-electron chi connectivity index (χ3n) is 2.75. The zero-order valence-electron chi connectivity index (χ0n) is 9.50. The van der Waals surface area contributed by atoms with E-state index >= 15 is 0 Å². The van der Waals surface area contributed by atoms with Gasteiger partial charge in [0, 0.05) is 4.88 Å². The van der Waals surface area contributed by atoms with E-state index in [9.17, 15) is 9.50 Å². The number of hydrogen-bond acceptors (Lipinski definition) is 2. The lowest BCUT2D eigenvalue weighted by molar-refractivity contribution is 0.219. The van der Waals surface area contributed by atoms with Crippen LogP contribution in [0.3, 0.4) is 0 Å². The number of thiophene rings is 1. The Morgan fingerprint density at radius 1 is 1.24 bits per heavy atom. The van der Waals surface area contributed by atoms with Gasteiger partial charge in [0.2, 0.25) is 0 Å². The summed E-state index contributed by atoms with van der Waals surface area (Å²) in [5, 5.41) is 10.3. The van der Waals surface area contributed by atoms with E-state index in [1.54, 1.807) is 24.3 Å². The van der Waals surface area contributed by atoms with E-state index in [1.807, 2.05) is 13.0 Å². The van der Waals surface area contributed by atoms with E-state index in [0.29, 0.717) is 0 Å². The molecule has 1 nitrogen and oxygen atoms in total. The number of halogens is 2. The number of hydrogen-bond donors (Lipinski definition) is 1. The number of aliphatic hydroxyl groups is 1. The van der Waals surface area contributed by atoms with Gasteiger partial charge in [-0.15, -0.1) is 11.3 Å². The minimum atomic E-state index is -0.696. The largest absolute Gasteiger partial charge is 0.384 e. The van der Waals surface area contributed by atoms with Crippen molar-refractivity contribution in [1.82, 2.24) is 0 Å². The third-order valence-corrected chi connectivity index (χ3v) is 4.32. The maximum atomic E-state index is 13.0. The SMILES string of the molecule is Cc1cc(F)ccc1C(O)c1cc(Br)sc1C. The number of aryl methyl sites for hydroxylation is 2. The molecule has 0 saturated heterocycles. The topological polar surface area (TPSA) is 20.2 Å². The minimum Gasteiger partial charge on any atom is -0.384 e. The highest BCUT2D eigenvalue weighted by Gasteiger charge is 2.17. The van der Waals surface area contributed by atoms with Crippen LogP contribution in [0.15, 0.2) is 28.1 Å². The van der Waals surface area contributed by atoms with Crippen molar-refractivity contribution >= 4 is 27.3 Å². The molecular formula is C13H12BrFOS. The summed E-state index contributed by atoms with van der Waals surface area (Å²) in [6.07, 6.45) is -0.696. The van der Waals surface area contributed by atoms with E-state index in [1.165, 1.54) is 12.1 Å². The molecule has 0 aliphatic heterocycles. The van der Waals surface area contributed by atoms with Gasteiger partial charge in [0.1, 0.15) is 11.9 Å². The van der Waals surface area contributed by atoms with Gasteiger partial charge in [-0.25, -0.2) is 4.39 Å². The van der Waals surface area contributed by atoms with Crippen molar-refractivity contribution in [3.63, 3.8) is 0 Å². The van der Waals surface area contributed by atoms with Crippen molar-refractivity contribution in [2.75, 3.05) is 0 Å². The third kappa shape index (κ3) is 2.59. The van der Waals surface area contributed by atoms with Gasteiger partial charge in [-0.05, 0) is 64.7 Å². The normalized spacial score (nSPS) is 12.8. The lowest BCUT2D eigenvalue weighted by atomic mass is 9.98. The highest BCUT2D eigenvalue weighted by Crippen LogP contribution is 2.34. The molecule has 0 saturated carbocycles. The first-order valence-corrected chi connectivity index (χ1v) is 6.80. The standard InChI is InChI=1S/C13H12BrFOS/c1-7-5-9(15)3-4-10(7)13(16)11-6-12(14)17-8(11)2/h3-6,13,16H,1-2H3. The van der Waals surface area contributed by atoms with E-state index in [-0.39, 0.29) is 5.82 Å². The maximum Gasteiger partial charge on any atom is 0.123 e. The van der Waals surface area contributed by atoms with Crippen LogP contribution in [0, 0.1) is 19.7 Å². The molecule has 90 valence electrons. The Bertz CT molecular complexity index is 550. The molecule has 0 aliphatic carbocycles. The second-order valence-electron chi connectivity index (χ2n) is 3.97. The highest BCUT2D eigenvalue weighted by atomic mass is 79.9. The van der Waals surface area contributed by atoms with Gasteiger partial charge in [0.05, 0.1) is 3.79 Å². The first-order chi connectivity index (χ1) is 7.99. The van der Waals surface area contributed by atoms with Crippen molar-refractivity contribution in [3.05, 3.63) is 55.4 Å². The van der Waals surface area contributed by atoms with Gasteiger partial charge in [0.15, 0.2) is 0 Å². The fourth-order valence-corrected chi connectivity index (χ4v) is 3.59. The van der Waals surface area contributed by atoms with Crippen LogP contribution < -0.4 is 0 Å². The Labute approximate surface area is 112 Å². The molecule has 0 aliphatic rings. The van der Waals surface area contributed by atoms with E-state index in [0.717, 1.165) is 25.4 Å². The van der Waals surface area contributed by atoms with Crippen LogP contribution in [-0.2, 0) is 0 Å². The molecule has 2 aromatic rings. The van der Waals surface area contributed by atoms with Crippen LogP contribution >= 0.6 is 27.3 Å². The minimum absolute atomic E-state index is 0.276. The van der Waals surface area contributed by atoms with Gasteiger partial charge in [-0.1, -0.05) is 6.07 Å². The summed E-state index contributed by atoms with van der Waals surface area (Å²) in [5.41, 5.74) is 2.38. The Morgan fingerprint density at radius 2 is 1.94 bits per heavy atom. The molecule has 1 N–H and O–H groups in total. The van der Waals surface area contributed by atoms with Crippen molar-refractivity contribution in [1.29, 1.82) is 0 Å². The van der Waals surface area contributed by atoms with Crippen LogP contribution in [-0.4, -0.2) is 5.11 Å². The number of rotatable bonds is 2. The predicted molar refractivity (Wildman–Crippen MR) is 72.0 cm³/mol. The molecule has 0 bridgehead atoms. The molecule has 1 aromatic heterocycles. The van der Waals surface area contributed by atoms with E-state index < -0.39 is 6.10 Å². The molecule has 1 aromatic carbocycles. The Hall–Kier alpha value is -0.710. The number of aliphatic hydroxyl groups excluding tert-OH is 1. The van der Waals surface area contributed by atoms with Gasteiger partial charge in [0.25, 0.3) is 0 Å². The van der Waals surface area contributed by atoms with Crippen molar-refractivity contribution in [2.45, 2.75) is 20.0 Å². The van der Waals surface area contributed by atoms with Crippen LogP contribution in [0.4, 0.5) is 4.39 Å². The predicted octanol–water partition coefficient (Wildman–Crippen LogP) is 4.35. The van der Waals surface area contributed by atoms with Crippen LogP contribution in [0.1, 0.15) is 27.7 Å². The zero-order chi connectivity index (χ0) is 12.6. The van der Waals surface area contributed by atoms with Gasteiger partial charge in [-0.2, -0.15) is 0 Å².